The molecule has 0 aromatic carbocycles. The van der Waals surface area contributed by atoms with Gasteiger partial charge >= 0.3 is 0 Å². The highest BCUT2D eigenvalue weighted by molar-refractivity contribution is 6.59. The molecule has 0 N–H and O–H groups in total. The summed E-state index contributed by atoms with van der Waals surface area (Å²) in [5.41, 5.74) is -1.13. The van der Waals surface area contributed by atoms with Gasteiger partial charge in [0, 0.05) is 0 Å². The predicted molar refractivity (Wildman–Crippen MR) is 68.2 cm³/mol. The highest BCUT2D eigenvalue weighted by atomic mass is 35.5. The number of carbonyl (C=O) groups excluding carboxylic acids is 2. The summed E-state index contributed by atoms with van der Waals surface area (Å²) >= 11 is 20.9. The molecule has 1 aliphatic carbocycles. The van der Waals surface area contributed by atoms with Crippen molar-refractivity contribution in [1.82, 2.24) is 0 Å². The molecule has 0 bridgehead atoms. The second kappa shape index (κ2) is 7.41. The van der Waals surface area contributed by atoms with Crippen LogP contribution in [0.2, 0.25) is 0 Å². The lowest BCUT2D eigenvalue weighted by Gasteiger charge is -2.08. The zero-order chi connectivity index (χ0) is 14.5. The van der Waals surface area contributed by atoms with Gasteiger partial charge in [0.05, 0.1) is 0 Å². The summed E-state index contributed by atoms with van der Waals surface area (Å²) in [6.07, 6.45) is 0. The predicted octanol–water partition coefficient (Wildman–Crippen LogP) is 2.98. The Kier molecular flexibility index (Phi) is 6.98. The SMILES string of the molecule is CC(Cl)Cl.N#CC1=C(C#N)C(=O)C(Cl)=C(Cl)C1=O. The maximum atomic E-state index is 11.2. The van der Waals surface area contributed by atoms with E-state index in [0.717, 1.165) is 0 Å². The lowest BCUT2D eigenvalue weighted by Crippen LogP contribution is -2.18. The average molecular weight is 326 g/mol. The van der Waals surface area contributed by atoms with Gasteiger partial charge in [0.15, 0.2) is 0 Å². The second-order valence-corrected chi connectivity index (χ2v) is 5.07. The topological polar surface area (TPSA) is 81.7 Å². The summed E-state index contributed by atoms with van der Waals surface area (Å²) in [6, 6.07) is 2.89. The number of rotatable bonds is 0. The quantitative estimate of drug-likeness (QED) is 0.506. The number of alkyl halides is 2. The summed E-state index contributed by atoms with van der Waals surface area (Å²) in [6.45, 7) is 1.70. The minimum atomic E-state index is -0.893. The Morgan fingerprint density at radius 3 is 1.33 bits per heavy atom. The molecular formula is C10H4Cl4N2O2. The van der Waals surface area contributed by atoms with Crippen molar-refractivity contribution in [2.24, 2.45) is 0 Å². The first kappa shape index (κ1) is 17.0. The van der Waals surface area contributed by atoms with Crippen LogP contribution in [-0.4, -0.2) is 16.4 Å². The van der Waals surface area contributed by atoms with Crippen molar-refractivity contribution < 1.29 is 9.59 Å². The van der Waals surface area contributed by atoms with E-state index in [9.17, 15) is 9.59 Å². The minimum Gasteiger partial charge on any atom is -0.287 e. The Bertz CT molecular complexity index is 488. The van der Waals surface area contributed by atoms with Crippen LogP contribution < -0.4 is 0 Å². The number of hydrogen-bond acceptors (Lipinski definition) is 4. The molecule has 0 saturated heterocycles. The van der Waals surface area contributed by atoms with E-state index in [2.05, 4.69) is 0 Å². The van der Waals surface area contributed by atoms with E-state index in [4.69, 9.17) is 56.9 Å². The summed E-state index contributed by atoms with van der Waals surface area (Å²) in [7, 11) is 0. The standard InChI is InChI=1S/C8Cl2N2O2.C2H4Cl2/c9-5-6(10)8(14)4(2-12)3(1-11)7(5)13;1-2(3)4/h;2H,1H3. The van der Waals surface area contributed by atoms with Crippen molar-refractivity contribution >= 4 is 58.0 Å². The van der Waals surface area contributed by atoms with Crippen molar-refractivity contribution in [1.29, 1.82) is 10.5 Å². The normalized spacial score (nSPS) is 15.1. The first-order valence-corrected chi connectivity index (χ1v) is 5.88. The van der Waals surface area contributed by atoms with Gasteiger partial charge in [-0.3, -0.25) is 9.59 Å². The minimum absolute atomic E-state index is 0.222. The average Bonchev–Trinajstić information content (AvgIpc) is 2.30. The fourth-order valence-corrected chi connectivity index (χ4v) is 1.22. The van der Waals surface area contributed by atoms with Gasteiger partial charge in [-0.25, -0.2) is 0 Å². The molecular weight excluding hydrogens is 322 g/mol. The molecule has 1 aliphatic rings. The van der Waals surface area contributed by atoms with Gasteiger partial charge in [-0.05, 0) is 6.92 Å². The van der Waals surface area contributed by atoms with Gasteiger partial charge < -0.3 is 0 Å². The number of Topliss-reactive ketones (excluding diaryl/α,β-unsaturated/α-hetero) is 2. The van der Waals surface area contributed by atoms with Crippen molar-refractivity contribution in [3.8, 4) is 12.1 Å². The highest BCUT2D eigenvalue weighted by Gasteiger charge is 2.33. The summed E-state index contributed by atoms with van der Waals surface area (Å²) < 4.78 is 0. The van der Waals surface area contributed by atoms with Gasteiger partial charge in [-0.2, -0.15) is 10.5 Å². The van der Waals surface area contributed by atoms with Crippen molar-refractivity contribution in [2.75, 3.05) is 0 Å². The van der Waals surface area contributed by atoms with Crippen LogP contribution in [0.5, 0.6) is 0 Å². The molecule has 0 aromatic rings. The lowest BCUT2D eigenvalue weighted by molar-refractivity contribution is -0.115. The van der Waals surface area contributed by atoms with Crippen molar-refractivity contribution in [2.45, 2.75) is 11.8 Å². The number of nitrogens with zero attached hydrogens (tertiary/aromatic N) is 2. The number of hydrogen-bond donors (Lipinski definition) is 0. The van der Waals surface area contributed by atoms with Crippen LogP contribution in [0.1, 0.15) is 6.92 Å². The molecule has 1 rings (SSSR count). The van der Waals surface area contributed by atoms with E-state index in [-0.39, 0.29) is 4.84 Å². The van der Waals surface area contributed by atoms with E-state index >= 15 is 0 Å². The van der Waals surface area contributed by atoms with E-state index in [1.165, 1.54) is 12.1 Å². The first-order chi connectivity index (χ1) is 8.27. The Labute approximate surface area is 123 Å². The first-order valence-electron chi connectivity index (χ1n) is 4.25. The molecule has 0 saturated carbocycles. The van der Waals surface area contributed by atoms with Crippen LogP contribution in [0.25, 0.3) is 0 Å². The molecule has 0 amide bonds. The number of allylic oxidation sites excluding steroid dienone is 4. The lowest BCUT2D eigenvalue weighted by atomic mass is 9.96. The van der Waals surface area contributed by atoms with Gasteiger partial charge in [-0.1, -0.05) is 23.2 Å². The third-order valence-corrected chi connectivity index (χ3v) is 2.34. The fourth-order valence-electron chi connectivity index (χ4n) is 0.859. The maximum Gasteiger partial charge on any atom is 0.218 e. The van der Waals surface area contributed by atoms with Crippen molar-refractivity contribution in [3.05, 3.63) is 21.2 Å². The Morgan fingerprint density at radius 1 is 0.944 bits per heavy atom. The summed E-state index contributed by atoms with van der Waals surface area (Å²) in [4.78, 5) is 22.2. The molecule has 0 heterocycles. The molecule has 4 nitrogen and oxygen atoms in total. The van der Waals surface area contributed by atoms with Gasteiger partial charge in [0.2, 0.25) is 11.6 Å². The van der Waals surface area contributed by atoms with Crippen LogP contribution in [0, 0.1) is 22.7 Å². The monoisotopic (exact) mass is 324 g/mol. The molecule has 18 heavy (non-hydrogen) atoms. The van der Waals surface area contributed by atoms with Gasteiger partial charge in [0.1, 0.15) is 38.2 Å². The smallest absolute Gasteiger partial charge is 0.218 e. The van der Waals surface area contributed by atoms with Crippen molar-refractivity contribution in [3.63, 3.8) is 0 Å². The van der Waals surface area contributed by atoms with Crippen LogP contribution in [-0.2, 0) is 9.59 Å². The van der Waals surface area contributed by atoms with E-state index in [1.54, 1.807) is 6.92 Å². The van der Waals surface area contributed by atoms with E-state index < -0.39 is 32.8 Å². The molecule has 0 fully saturated rings. The molecule has 8 heteroatoms. The number of ketones is 2. The Hall–Kier alpha value is -1.04. The van der Waals surface area contributed by atoms with Gasteiger partial charge in [0.25, 0.3) is 0 Å². The third-order valence-electron chi connectivity index (χ3n) is 1.52. The molecule has 0 atom stereocenters. The highest BCUT2D eigenvalue weighted by Crippen LogP contribution is 2.28. The maximum absolute atomic E-state index is 11.2. The number of halogens is 4. The van der Waals surface area contributed by atoms with Crippen LogP contribution in [0.3, 0.4) is 0 Å². The van der Waals surface area contributed by atoms with Crippen LogP contribution in [0.15, 0.2) is 21.2 Å². The summed E-state index contributed by atoms with van der Waals surface area (Å²) in [5, 5.41) is 16.0. The Morgan fingerprint density at radius 2 is 1.17 bits per heavy atom. The number of carbonyl (C=O) groups is 2. The number of nitriles is 2. The summed E-state index contributed by atoms with van der Waals surface area (Å²) in [5.74, 6) is -1.79. The molecule has 0 aromatic heterocycles. The molecule has 0 aliphatic heterocycles. The largest absolute Gasteiger partial charge is 0.287 e. The molecule has 0 spiro atoms. The fraction of sp³-hybridized carbons (Fsp3) is 0.200. The van der Waals surface area contributed by atoms with Crippen LogP contribution in [0.4, 0.5) is 0 Å². The molecule has 0 unspecified atom stereocenters. The zero-order valence-corrected chi connectivity index (χ0v) is 11.8. The Balaban J connectivity index is 0.000000631. The molecule has 0 radical (unpaired) electrons. The van der Waals surface area contributed by atoms with E-state index in [1.807, 2.05) is 0 Å². The second-order valence-electron chi connectivity index (χ2n) is 2.78. The third kappa shape index (κ3) is 4.01. The molecule has 94 valence electrons. The van der Waals surface area contributed by atoms with Crippen LogP contribution >= 0.6 is 46.4 Å². The zero-order valence-electron chi connectivity index (χ0n) is 8.80. The van der Waals surface area contributed by atoms with E-state index in [0.29, 0.717) is 0 Å². The van der Waals surface area contributed by atoms with Gasteiger partial charge in [-0.15, -0.1) is 23.2 Å².